The van der Waals surface area contributed by atoms with Gasteiger partial charge in [0.15, 0.2) is 5.82 Å². The van der Waals surface area contributed by atoms with E-state index in [0.717, 1.165) is 11.3 Å². The molecule has 1 aromatic heterocycles. The Balaban J connectivity index is 2.23. The predicted octanol–water partition coefficient (Wildman–Crippen LogP) is 3.45. The molecule has 7 nitrogen and oxygen atoms in total. The molecule has 1 N–H and O–H groups in total. The summed E-state index contributed by atoms with van der Waals surface area (Å²) in [5.41, 5.74) is -0.739. The Morgan fingerprint density at radius 1 is 1.14 bits per heavy atom. The highest BCUT2D eigenvalue weighted by Crippen LogP contribution is 2.30. The Kier molecular flexibility index (Phi) is 4.08. The van der Waals surface area contributed by atoms with Gasteiger partial charge in [0.25, 0.3) is 5.69 Å². The van der Waals surface area contributed by atoms with Crippen LogP contribution in [0.15, 0.2) is 23.6 Å². The first-order valence-corrected chi connectivity index (χ1v) is 6.35. The van der Waals surface area contributed by atoms with Crippen molar-refractivity contribution in [1.29, 1.82) is 0 Å². The lowest BCUT2D eigenvalue weighted by molar-refractivity contribution is -0.384. The van der Waals surface area contributed by atoms with Crippen molar-refractivity contribution in [3.05, 3.63) is 61.0 Å². The summed E-state index contributed by atoms with van der Waals surface area (Å²) < 4.78 is 26.6. The number of anilines is 1. The van der Waals surface area contributed by atoms with Gasteiger partial charge in [-0.3, -0.25) is 20.2 Å². The summed E-state index contributed by atoms with van der Waals surface area (Å²) in [5, 5.41) is 25.1. The molecule has 21 heavy (non-hydrogen) atoms. The van der Waals surface area contributed by atoms with E-state index in [-0.39, 0.29) is 11.5 Å². The van der Waals surface area contributed by atoms with Gasteiger partial charge < -0.3 is 5.32 Å². The number of nitro groups is 2. The minimum Gasteiger partial charge on any atom is -0.373 e. The molecule has 0 saturated heterocycles. The molecule has 0 aliphatic rings. The highest BCUT2D eigenvalue weighted by Gasteiger charge is 2.20. The van der Waals surface area contributed by atoms with Gasteiger partial charge >= 0.3 is 5.00 Å². The number of nitrogens with one attached hydrogen (secondary N) is 1. The second-order valence-electron chi connectivity index (χ2n) is 3.94. The van der Waals surface area contributed by atoms with Crippen molar-refractivity contribution in [1.82, 2.24) is 0 Å². The van der Waals surface area contributed by atoms with Crippen LogP contribution in [0.25, 0.3) is 0 Å². The number of hydrogen-bond acceptors (Lipinski definition) is 6. The van der Waals surface area contributed by atoms with E-state index >= 15 is 0 Å². The van der Waals surface area contributed by atoms with Crippen molar-refractivity contribution in [2.75, 3.05) is 5.32 Å². The third-order valence-corrected chi connectivity index (χ3v) is 3.45. The molecule has 0 saturated carbocycles. The molecule has 0 spiro atoms. The van der Waals surface area contributed by atoms with Gasteiger partial charge in [0.1, 0.15) is 11.5 Å². The number of rotatable bonds is 5. The van der Waals surface area contributed by atoms with Crippen LogP contribution in [0.2, 0.25) is 0 Å². The Bertz CT molecular complexity index is 719. The van der Waals surface area contributed by atoms with Crippen LogP contribution in [-0.4, -0.2) is 9.85 Å². The van der Waals surface area contributed by atoms with Gasteiger partial charge in [-0.05, 0) is 5.56 Å². The molecule has 110 valence electrons. The zero-order valence-corrected chi connectivity index (χ0v) is 11.0. The van der Waals surface area contributed by atoms with Crippen molar-refractivity contribution in [3.8, 4) is 0 Å². The normalized spacial score (nSPS) is 10.4. The van der Waals surface area contributed by atoms with E-state index in [2.05, 4.69) is 5.32 Å². The first kappa shape index (κ1) is 14.8. The Morgan fingerprint density at radius 3 is 2.43 bits per heavy atom. The largest absolute Gasteiger partial charge is 0.373 e. The third kappa shape index (κ3) is 3.28. The SMILES string of the molecule is O=[N+]([O-])c1cc(CNc2c(F)cc(F)cc2[N+](=O)[O-])cs1. The summed E-state index contributed by atoms with van der Waals surface area (Å²) in [4.78, 5) is 19.8. The molecule has 0 bridgehead atoms. The minimum absolute atomic E-state index is 0.0618. The molecule has 0 amide bonds. The smallest absolute Gasteiger partial charge is 0.324 e. The van der Waals surface area contributed by atoms with Gasteiger partial charge in [0, 0.05) is 24.1 Å². The van der Waals surface area contributed by atoms with Crippen LogP contribution in [0.1, 0.15) is 5.56 Å². The van der Waals surface area contributed by atoms with Crippen LogP contribution < -0.4 is 5.32 Å². The van der Waals surface area contributed by atoms with Crippen LogP contribution >= 0.6 is 11.3 Å². The quantitative estimate of drug-likeness (QED) is 0.673. The minimum atomic E-state index is -1.11. The molecule has 2 rings (SSSR count). The number of benzene rings is 1. The van der Waals surface area contributed by atoms with Crippen LogP contribution in [-0.2, 0) is 6.54 Å². The molecule has 1 aromatic carbocycles. The number of nitro benzene ring substituents is 1. The molecular formula is C11H7F2N3O4S. The number of thiophene rings is 1. The van der Waals surface area contributed by atoms with Crippen molar-refractivity contribution < 1.29 is 18.6 Å². The van der Waals surface area contributed by atoms with Gasteiger partial charge in [-0.25, -0.2) is 8.78 Å². The maximum atomic E-state index is 13.6. The molecule has 0 unspecified atom stereocenters. The molecule has 0 fully saturated rings. The molecule has 0 aliphatic heterocycles. The second kappa shape index (κ2) is 5.79. The maximum absolute atomic E-state index is 13.6. The number of nitrogens with zero attached hydrogens (tertiary/aromatic N) is 2. The van der Waals surface area contributed by atoms with Crippen molar-refractivity contribution in [3.63, 3.8) is 0 Å². The molecule has 2 aromatic rings. The van der Waals surface area contributed by atoms with Crippen LogP contribution in [0.3, 0.4) is 0 Å². The summed E-state index contributed by atoms with van der Waals surface area (Å²) in [6, 6.07) is 2.39. The number of hydrogen-bond donors (Lipinski definition) is 1. The van der Waals surface area contributed by atoms with Crippen molar-refractivity contribution in [2.45, 2.75) is 6.54 Å². The van der Waals surface area contributed by atoms with Gasteiger partial charge in [0.05, 0.1) is 15.9 Å². The predicted molar refractivity (Wildman–Crippen MR) is 71.3 cm³/mol. The average molecular weight is 315 g/mol. The van der Waals surface area contributed by atoms with Gasteiger partial charge in [-0.1, -0.05) is 11.3 Å². The van der Waals surface area contributed by atoms with E-state index in [9.17, 15) is 29.0 Å². The fourth-order valence-electron chi connectivity index (χ4n) is 1.62. The molecule has 0 aliphatic carbocycles. The van der Waals surface area contributed by atoms with Crippen molar-refractivity contribution >= 4 is 27.7 Å². The van der Waals surface area contributed by atoms with E-state index in [4.69, 9.17) is 0 Å². The third-order valence-electron chi connectivity index (χ3n) is 2.52. The van der Waals surface area contributed by atoms with Crippen LogP contribution in [0.5, 0.6) is 0 Å². The lowest BCUT2D eigenvalue weighted by atomic mass is 10.2. The highest BCUT2D eigenvalue weighted by molar-refractivity contribution is 7.13. The first-order chi connectivity index (χ1) is 9.88. The van der Waals surface area contributed by atoms with E-state index in [1.807, 2.05) is 0 Å². The Hall–Kier alpha value is -2.62. The second-order valence-corrected chi connectivity index (χ2v) is 4.83. The van der Waals surface area contributed by atoms with E-state index in [0.29, 0.717) is 17.7 Å². The summed E-state index contributed by atoms with van der Waals surface area (Å²) in [6.45, 7) is -0.0618. The molecule has 0 atom stereocenters. The van der Waals surface area contributed by atoms with Crippen LogP contribution in [0, 0.1) is 31.9 Å². The zero-order chi connectivity index (χ0) is 15.6. The first-order valence-electron chi connectivity index (χ1n) is 5.47. The molecule has 1 heterocycles. The average Bonchev–Trinajstić information content (AvgIpc) is 2.85. The lowest BCUT2D eigenvalue weighted by Gasteiger charge is -2.07. The van der Waals surface area contributed by atoms with E-state index in [1.165, 1.54) is 11.4 Å². The van der Waals surface area contributed by atoms with Gasteiger partial charge in [-0.2, -0.15) is 0 Å². The fraction of sp³-hybridized carbons (Fsp3) is 0.0909. The summed E-state index contributed by atoms with van der Waals surface area (Å²) >= 11 is 0.883. The van der Waals surface area contributed by atoms with Gasteiger partial charge in [-0.15, -0.1) is 0 Å². The monoisotopic (exact) mass is 315 g/mol. The lowest BCUT2D eigenvalue weighted by Crippen LogP contribution is -2.05. The Morgan fingerprint density at radius 2 is 1.86 bits per heavy atom. The zero-order valence-electron chi connectivity index (χ0n) is 10.2. The number of halogens is 2. The summed E-state index contributed by atoms with van der Waals surface area (Å²) in [6.07, 6.45) is 0. The fourth-order valence-corrected chi connectivity index (χ4v) is 2.35. The van der Waals surface area contributed by atoms with Gasteiger partial charge in [0.2, 0.25) is 0 Å². The van der Waals surface area contributed by atoms with Crippen LogP contribution in [0.4, 0.5) is 25.2 Å². The standard InChI is InChI=1S/C11H7F2N3O4S/c12-7-2-8(13)11(9(3-7)15(17)18)14-4-6-1-10(16(19)20)21-5-6/h1-3,5,14H,4H2. The summed E-state index contributed by atoms with van der Waals surface area (Å²) in [5.74, 6) is -2.16. The molecular weight excluding hydrogens is 308 g/mol. The van der Waals surface area contributed by atoms with E-state index < -0.39 is 32.9 Å². The van der Waals surface area contributed by atoms with E-state index in [1.54, 1.807) is 0 Å². The topological polar surface area (TPSA) is 98.3 Å². The molecule has 0 radical (unpaired) electrons. The maximum Gasteiger partial charge on any atom is 0.324 e. The Labute approximate surface area is 120 Å². The van der Waals surface area contributed by atoms with Crippen molar-refractivity contribution in [2.24, 2.45) is 0 Å². The molecule has 10 heteroatoms. The summed E-state index contributed by atoms with van der Waals surface area (Å²) in [7, 11) is 0. The highest BCUT2D eigenvalue weighted by atomic mass is 32.1.